The van der Waals surface area contributed by atoms with Crippen LogP contribution in [0, 0.1) is 40.9 Å². The van der Waals surface area contributed by atoms with Crippen LogP contribution in [0.15, 0.2) is 0 Å². The minimum absolute atomic E-state index is 0.0337. The molecule has 0 aromatic carbocycles. The Balaban J connectivity index is 1.14. The lowest BCUT2D eigenvalue weighted by Gasteiger charge is -2.48. The van der Waals surface area contributed by atoms with Crippen molar-refractivity contribution in [2.45, 2.75) is 152 Å². The molecule has 0 radical (unpaired) electrons. The molecule has 5 aliphatic carbocycles. The van der Waals surface area contributed by atoms with Crippen LogP contribution in [-0.4, -0.2) is 60.1 Å². The van der Waals surface area contributed by atoms with Crippen LogP contribution in [0.25, 0.3) is 0 Å². The van der Waals surface area contributed by atoms with Gasteiger partial charge in [-0.15, -0.1) is 0 Å². The summed E-state index contributed by atoms with van der Waals surface area (Å²) in [5.74, 6) is 4.18. The maximum Gasteiger partial charge on any atom is 0.237 e. The van der Waals surface area contributed by atoms with Gasteiger partial charge in [-0.25, -0.2) is 0 Å². The molecule has 6 N–H and O–H groups in total. The summed E-state index contributed by atoms with van der Waals surface area (Å²) in [4.78, 5) is 16.5. The zero-order valence-electron chi connectivity index (χ0n) is 25.6. The largest absolute Gasteiger partial charge is 0.387 e. The number of carbonyl (C=O) groups is 1. The van der Waals surface area contributed by atoms with Gasteiger partial charge in [0.1, 0.15) is 0 Å². The molecule has 5 saturated carbocycles. The first-order valence-corrected chi connectivity index (χ1v) is 17.7. The van der Waals surface area contributed by atoms with Gasteiger partial charge in [-0.2, -0.15) is 0 Å². The van der Waals surface area contributed by atoms with Crippen LogP contribution in [0.1, 0.15) is 122 Å². The van der Waals surface area contributed by atoms with Crippen molar-refractivity contribution < 1.29 is 9.53 Å². The molecule has 1 amide bonds. The Labute approximate surface area is 249 Å². The number of ether oxygens (including phenoxy) is 1. The molecule has 232 valence electrons. The van der Waals surface area contributed by atoms with Crippen molar-refractivity contribution in [2.75, 3.05) is 13.2 Å². The maximum atomic E-state index is 13.9. The Morgan fingerprint density at radius 3 is 2.37 bits per heavy atom. The Bertz CT molecular complexity index is 884. The quantitative estimate of drug-likeness (QED) is 0.232. The Morgan fingerprint density at radius 2 is 1.59 bits per heavy atom. The van der Waals surface area contributed by atoms with Gasteiger partial charge in [-0.1, -0.05) is 32.1 Å². The van der Waals surface area contributed by atoms with E-state index >= 15 is 0 Å². The van der Waals surface area contributed by atoms with Crippen LogP contribution in [-0.2, 0) is 9.53 Å². The normalized spacial score (nSPS) is 42.3. The summed E-state index contributed by atoms with van der Waals surface area (Å²) >= 11 is 0. The van der Waals surface area contributed by atoms with E-state index in [1.807, 2.05) is 0 Å². The molecule has 1 heterocycles. The molecule has 0 aromatic rings. The predicted octanol–water partition coefficient (Wildman–Crippen LogP) is 5.35. The number of likely N-dealkylation sites (tertiary alicyclic amines) is 1. The van der Waals surface area contributed by atoms with E-state index in [0.29, 0.717) is 41.8 Å². The van der Waals surface area contributed by atoms with E-state index in [1.54, 1.807) is 0 Å². The van der Waals surface area contributed by atoms with E-state index < -0.39 is 0 Å². The third-order valence-electron chi connectivity index (χ3n) is 12.7. The van der Waals surface area contributed by atoms with Gasteiger partial charge in [0.15, 0.2) is 0 Å². The van der Waals surface area contributed by atoms with Gasteiger partial charge in [-0.3, -0.25) is 15.1 Å². The molecule has 7 heteroatoms. The van der Waals surface area contributed by atoms with Crippen molar-refractivity contribution in [1.29, 1.82) is 5.41 Å². The average molecular weight is 570 g/mol. The van der Waals surface area contributed by atoms with Crippen molar-refractivity contribution >= 4 is 11.7 Å². The summed E-state index contributed by atoms with van der Waals surface area (Å²) in [5, 5.41) is 11.7. The number of nitrogens with one attached hydrogen (secondary N) is 2. The molecule has 41 heavy (non-hydrogen) atoms. The number of fused-ring (bicyclic) bond motifs is 2. The van der Waals surface area contributed by atoms with Crippen LogP contribution in [0.3, 0.4) is 0 Å². The van der Waals surface area contributed by atoms with Gasteiger partial charge < -0.3 is 21.5 Å². The highest BCUT2D eigenvalue weighted by molar-refractivity contribution is 5.83. The van der Waals surface area contributed by atoms with Crippen LogP contribution in [0.4, 0.5) is 0 Å². The molecule has 1 aliphatic heterocycles. The summed E-state index contributed by atoms with van der Waals surface area (Å²) < 4.78 is 6.76. The van der Waals surface area contributed by atoms with E-state index in [9.17, 15) is 4.79 Å². The number of hydrogen-bond acceptors (Lipinski definition) is 5. The summed E-state index contributed by atoms with van der Waals surface area (Å²) in [7, 11) is 0. The lowest BCUT2D eigenvalue weighted by Crippen LogP contribution is -2.53. The fraction of sp³-hybridized carbons (Fsp3) is 0.941. The van der Waals surface area contributed by atoms with E-state index in [0.717, 1.165) is 76.4 Å². The second-order valence-electron chi connectivity index (χ2n) is 15.2. The predicted molar refractivity (Wildman–Crippen MR) is 165 cm³/mol. The molecule has 0 bridgehead atoms. The molecular formula is C34H59N5O2. The highest BCUT2D eigenvalue weighted by atomic mass is 16.5. The van der Waals surface area contributed by atoms with E-state index in [4.69, 9.17) is 21.6 Å². The third kappa shape index (κ3) is 6.98. The first kappa shape index (κ1) is 29.9. The number of amides is 1. The lowest BCUT2D eigenvalue weighted by molar-refractivity contribution is -0.128. The zero-order chi connectivity index (χ0) is 28.3. The first-order chi connectivity index (χ1) is 20.0. The fourth-order valence-electron chi connectivity index (χ4n) is 10.3. The van der Waals surface area contributed by atoms with Gasteiger partial charge in [0, 0.05) is 37.2 Å². The van der Waals surface area contributed by atoms with Crippen molar-refractivity contribution in [1.82, 2.24) is 10.2 Å². The molecule has 0 spiro atoms. The Morgan fingerprint density at radius 1 is 0.829 bits per heavy atom. The second kappa shape index (κ2) is 13.6. The standard InChI is InChI=1S/C34H59N5O2/c35-26-14-16-27(17-15-26)38-34(40)31-18-23-12-13-24(33(36)37)19-30(23)39(31)20-25-8-4-10-29-28(25)9-5-11-32(29)41-21-22-6-2-1-3-7-22/h22-32H,1-21,35H2,(H3,36,37)(H,38,40). The number of carbonyl (C=O) groups excluding carboxylic acids is 1. The van der Waals surface area contributed by atoms with E-state index in [1.165, 1.54) is 70.6 Å². The summed E-state index contributed by atoms with van der Waals surface area (Å²) in [6.07, 6.45) is 23.2. The lowest BCUT2D eigenvalue weighted by atomic mass is 9.64. The van der Waals surface area contributed by atoms with Gasteiger partial charge in [0.2, 0.25) is 5.91 Å². The minimum atomic E-state index is -0.0337. The number of rotatable bonds is 8. The van der Waals surface area contributed by atoms with Crippen molar-refractivity contribution in [3.63, 3.8) is 0 Å². The molecule has 1 saturated heterocycles. The van der Waals surface area contributed by atoms with E-state index in [2.05, 4.69) is 10.2 Å². The number of hydrogen-bond donors (Lipinski definition) is 4. The van der Waals surface area contributed by atoms with Crippen LogP contribution < -0.4 is 16.8 Å². The van der Waals surface area contributed by atoms with Gasteiger partial charge in [0.05, 0.1) is 18.0 Å². The Kier molecular flexibility index (Phi) is 9.93. The summed E-state index contributed by atoms with van der Waals surface area (Å²) in [6, 6.07) is 0.920. The average Bonchev–Trinajstić information content (AvgIpc) is 3.35. The Hall–Kier alpha value is -1.18. The topological polar surface area (TPSA) is 117 Å². The van der Waals surface area contributed by atoms with Crippen LogP contribution in [0.2, 0.25) is 0 Å². The highest BCUT2D eigenvalue weighted by Crippen LogP contribution is 2.48. The molecule has 6 aliphatic rings. The van der Waals surface area contributed by atoms with Crippen LogP contribution in [0.5, 0.6) is 0 Å². The van der Waals surface area contributed by atoms with Gasteiger partial charge in [0.25, 0.3) is 0 Å². The summed E-state index contributed by atoms with van der Waals surface area (Å²) in [6.45, 7) is 2.02. The fourth-order valence-corrected chi connectivity index (χ4v) is 10.3. The van der Waals surface area contributed by atoms with E-state index in [-0.39, 0.29) is 23.9 Å². The smallest absolute Gasteiger partial charge is 0.237 e. The number of nitrogens with zero attached hydrogens (tertiary/aromatic N) is 1. The maximum absolute atomic E-state index is 13.9. The number of amidine groups is 1. The second-order valence-corrected chi connectivity index (χ2v) is 15.2. The van der Waals surface area contributed by atoms with Crippen molar-refractivity contribution in [3.8, 4) is 0 Å². The third-order valence-corrected chi connectivity index (χ3v) is 12.7. The van der Waals surface area contributed by atoms with Crippen LogP contribution >= 0.6 is 0 Å². The first-order valence-electron chi connectivity index (χ1n) is 17.7. The van der Waals surface area contributed by atoms with Crippen molar-refractivity contribution in [2.24, 2.45) is 47.0 Å². The summed E-state index contributed by atoms with van der Waals surface area (Å²) in [5.41, 5.74) is 12.2. The molecule has 7 nitrogen and oxygen atoms in total. The SMILES string of the molecule is N=C(N)C1CCC2CC(C(=O)NC3CCC(N)CC3)N(CC3CCCC4C(OCC5CCCCC5)CCCC34)C2C1. The van der Waals surface area contributed by atoms with Gasteiger partial charge in [-0.05, 0) is 119 Å². The number of nitrogens with two attached hydrogens (primary N) is 2. The monoisotopic (exact) mass is 569 g/mol. The molecule has 6 rings (SSSR count). The van der Waals surface area contributed by atoms with Gasteiger partial charge >= 0.3 is 0 Å². The molecule has 8 atom stereocenters. The molecule has 6 fully saturated rings. The highest BCUT2D eigenvalue weighted by Gasteiger charge is 2.50. The molecule has 0 aromatic heterocycles. The van der Waals surface area contributed by atoms with Crippen molar-refractivity contribution in [3.05, 3.63) is 0 Å². The minimum Gasteiger partial charge on any atom is -0.387 e. The zero-order valence-corrected chi connectivity index (χ0v) is 25.6. The molecule has 8 unspecified atom stereocenters. The molecular weight excluding hydrogens is 510 g/mol.